The van der Waals surface area contributed by atoms with Crippen LogP contribution in [0, 0.1) is 5.41 Å². The average Bonchev–Trinajstić information content (AvgIpc) is 2.48. The number of hydrogen-bond acceptors (Lipinski definition) is 3. The minimum atomic E-state index is 0.623. The molecule has 0 amide bonds. The molecule has 0 saturated carbocycles. The second kappa shape index (κ2) is 6.11. The molecule has 110 valence electrons. The smallest absolute Gasteiger partial charge is 0.0120 e. The van der Waals surface area contributed by atoms with Crippen LogP contribution in [0.1, 0.15) is 45.4 Å². The number of piperidine rings is 3. The first kappa shape index (κ1) is 13.8. The van der Waals surface area contributed by atoms with Gasteiger partial charge in [0.25, 0.3) is 0 Å². The van der Waals surface area contributed by atoms with Crippen LogP contribution in [0.25, 0.3) is 0 Å². The molecule has 3 aliphatic heterocycles. The van der Waals surface area contributed by atoms with Crippen molar-refractivity contribution in [3.05, 3.63) is 0 Å². The van der Waals surface area contributed by atoms with Crippen molar-refractivity contribution in [2.24, 2.45) is 5.41 Å². The summed E-state index contributed by atoms with van der Waals surface area (Å²) in [4.78, 5) is 5.46. The standard InChI is InChI=1S/C16H31N3/c1-2-18-11-5-15(6-12-18)19-10-4-8-16(14-19)7-3-9-17-13-16/h15,17H,2-14H2,1H3. The Morgan fingerprint density at radius 2 is 1.89 bits per heavy atom. The minimum Gasteiger partial charge on any atom is -0.316 e. The van der Waals surface area contributed by atoms with Gasteiger partial charge in [-0.15, -0.1) is 0 Å². The molecule has 3 fully saturated rings. The van der Waals surface area contributed by atoms with E-state index in [9.17, 15) is 0 Å². The Morgan fingerprint density at radius 1 is 1.11 bits per heavy atom. The third-order valence-electron chi connectivity index (χ3n) is 5.77. The quantitative estimate of drug-likeness (QED) is 0.823. The van der Waals surface area contributed by atoms with Gasteiger partial charge in [-0.05, 0) is 76.7 Å². The number of hydrogen-bond donors (Lipinski definition) is 1. The van der Waals surface area contributed by atoms with Gasteiger partial charge >= 0.3 is 0 Å². The lowest BCUT2D eigenvalue weighted by atomic mass is 9.74. The van der Waals surface area contributed by atoms with Crippen LogP contribution in [0.4, 0.5) is 0 Å². The lowest BCUT2D eigenvalue weighted by Crippen LogP contribution is -2.55. The summed E-state index contributed by atoms with van der Waals surface area (Å²) < 4.78 is 0. The molecule has 3 nitrogen and oxygen atoms in total. The van der Waals surface area contributed by atoms with Crippen molar-refractivity contribution in [3.63, 3.8) is 0 Å². The van der Waals surface area contributed by atoms with Crippen LogP contribution < -0.4 is 5.32 Å². The first-order valence-electron chi connectivity index (χ1n) is 8.48. The van der Waals surface area contributed by atoms with Crippen LogP contribution in [-0.2, 0) is 0 Å². The van der Waals surface area contributed by atoms with Crippen molar-refractivity contribution in [1.29, 1.82) is 0 Å². The van der Waals surface area contributed by atoms with Crippen molar-refractivity contribution >= 4 is 0 Å². The molecule has 1 N–H and O–H groups in total. The lowest BCUT2D eigenvalue weighted by molar-refractivity contribution is 0.0165. The van der Waals surface area contributed by atoms with Crippen molar-refractivity contribution in [3.8, 4) is 0 Å². The van der Waals surface area contributed by atoms with Crippen molar-refractivity contribution in [1.82, 2.24) is 15.1 Å². The number of rotatable bonds is 2. The summed E-state index contributed by atoms with van der Waals surface area (Å²) in [7, 11) is 0. The predicted octanol–water partition coefficient (Wildman–Crippen LogP) is 1.94. The summed E-state index contributed by atoms with van der Waals surface area (Å²) in [5.41, 5.74) is 0.623. The molecular formula is C16H31N3. The summed E-state index contributed by atoms with van der Waals surface area (Å²) in [6, 6.07) is 0.877. The van der Waals surface area contributed by atoms with Crippen LogP contribution in [0.2, 0.25) is 0 Å². The monoisotopic (exact) mass is 265 g/mol. The molecule has 1 unspecified atom stereocenters. The van der Waals surface area contributed by atoms with E-state index in [-0.39, 0.29) is 0 Å². The predicted molar refractivity (Wildman–Crippen MR) is 80.5 cm³/mol. The van der Waals surface area contributed by atoms with E-state index >= 15 is 0 Å². The maximum atomic E-state index is 3.65. The molecule has 3 heteroatoms. The highest BCUT2D eigenvalue weighted by atomic mass is 15.2. The SMILES string of the molecule is CCN1CCC(N2CCCC3(CCCNC3)C2)CC1. The average molecular weight is 265 g/mol. The molecule has 0 aromatic carbocycles. The molecule has 3 rings (SSSR count). The van der Waals surface area contributed by atoms with E-state index in [1.807, 2.05) is 0 Å². The van der Waals surface area contributed by atoms with Crippen molar-refractivity contribution in [2.75, 3.05) is 45.8 Å². The Morgan fingerprint density at radius 3 is 2.58 bits per heavy atom. The first-order valence-corrected chi connectivity index (χ1v) is 8.48. The van der Waals surface area contributed by atoms with E-state index in [2.05, 4.69) is 22.0 Å². The van der Waals surface area contributed by atoms with Crippen LogP contribution >= 0.6 is 0 Å². The fraction of sp³-hybridized carbons (Fsp3) is 1.00. The van der Waals surface area contributed by atoms with Crippen LogP contribution in [0.3, 0.4) is 0 Å². The molecule has 3 aliphatic rings. The lowest BCUT2D eigenvalue weighted by Gasteiger charge is -2.49. The molecule has 0 radical (unpaired) electrons. The second-order valence-electron chi connectivity index (χ2n) is 7.02. The largest absolute Gasteiger partial charge is 0.316 e. The summed E-state index contributed by atoms with van der Waals surface area (Å²) in [5, 5.41) is 3.65. The Balaban J connectivity index is 1.56. The Bertz CT molecular complexity index is 272. The first-order chi connectivity index (χ1) is 9.31. The second-order valence-corrected chi connectivity index (χ2v) is 7.02. The van der Waals surface area contributed by atoms with E-state index in [0.717, 1.165) is 6.04 Å². The third kappa shape index (κ3) is 3.14. The third-order valence-corrected chi connectivity index (χ3v) is 5.77. The summed E-state index contributed by atoms with van der Waals surface area (Å²) in [6.07, 6.45) is 8.54. The zero-order valence-corrected chi connectivity index (χ0v) is 12.7. The molecule has 3 heterocycles. The number of likely N-dealkylation sites (tertiary alicyclic amines) is 2. The molecule has 1 spiro atoms. The fourth-order valence-electron chi connectivity index (χ4n) is 4.54. The Hall–Kier alpha value is -0.120. The van der Waals surface area contributed by atoms with Gasteiger partial charge in [-0.2, -0.15) is 0 Å². The highest BCUT2D eigenvalue weighted by Gasteiger charge is 2.38. The van der Waals surface area contributed by atoms with Gasteiger partial charge in [0, 0.05) is 19.1 Å². The van der Waals surface area contributed by atoms with Crippen LogP contribution in [0.5, 0.6) is 0 Å². The molecule has 0 aromatic rings. The van der Waals surface area contributed by atoms with Gasteiger partial charge in [0.1, 0.15) is 0 Å². The molecule has 1 atom stereocenters. The van der Waals surface area contributed by atoms with E-state index < -0.39 is 0 Å². The normalized spacial score (nSPS) is 35.8. The van der Waals surface area contributed by atoms with E-state index in [0.29, 0.717) is 5.41 Å². The minimum absolute atomic E-state index is 0.623. The molecule has 19 heavy (non-hydrogen) atoms. The summed E-state index contributed by atoms with van der Waals surface area (Å²) in [5.74, 6) is 0. The zero-order valence-electron chi connectivity index (χ0n) is 12.7. The van der Waals surface area contributed by atoms with Crippen LogP contribution in [0.15, 0.2) is 0 Å². The zero-order chi connectivity index (χ0) is 13.1. The van der Waals surface area contributed by atoms with Gasteiger partial charge in [0.2, 0.25) is 0 Å². The topological polar surface area (TPSA) is 18.5 Å². The Labute approximate surface area is 118 Å². The molecular weight excluding hydrogens is 234 g/mol. The van der Waals surface area contributed by atoms with Gasteiger partial charge in [0.15, 0.2) is 0 Å². The van der Waals surface area contributed by atoms with Gasteiger partial charge < -0.3 is 10.2 Å². The molecule has 0 bridgehead atoms. The maximum Gasteiger partial charge on any atom is 0.0120 e. The van der Waals surface area contributed by atoms with Gasteiger partial charge in [0.05, 0.1) is 0 Å². The molecule has 0 aliphatic carbocycles. The van der Waals surface area contributed by atoms with Gasteiger partial charge in [-0.1, -0.05) is 6.92 Å². The fourth-order valence-corrected chi connectivity index (χ4v) is 4.54. The maximum absolute atomic E-state index is 3.65. The summed E-state index contributed by atoms with van der Waals surface area (Å²) in [6.45, 7) is 11.4. The number of nitrogens with one attached hydrogen (secondary N) is 1. The van der Waals surface area contributed by atoms with Crippen molar-refractivity contribution < 1.29 is 0 Å². The van der Waals surface area contributed by atoms with Crippen LogP contribution in [-0.4, -0.2) is 61.7 Å². The van der Waals surface area contributed by atoms with Gasteiger partial charge in [-0.25, -0.2) is 0 Å². The van der Waals surface area contributed by atoms with E-state index in [1.165, 1.54) is 84.3 Å². The molecule has 0 aromatic heterocycles. The number of nitrogens with zero attached hydrogens (tertiary/aromatic N) is 2. The van der Waals surface area contributed by atoms with Crippen molar-refractivity contribution in [2.45, 2.75) is 51.5 Å². The van der Waals surface area contributed by atoms with E-state index in [4.69, 9.17) is 0 Å². The molecule has 3 saturated heterocycles. The van der Waals surface area contributed by atoms with Gasteiger partial charge in [-0.3, -0.25) is 4.90 Å². The Kier molecular flexibility index (Phi) is 4.45. The highest BCUT2D eigenvalue weighted by molar-refractivity contribution is 4.94. The van der Waals surface area contributed by atoms with E-state index in [1.54, 1.807) is 0 Å². The summed E-state index contributed by atoms with van der Waals surface area (Å²) >= 11 is 0. The highest BCUT2D eigenvalue weighted by Crippen LogP contribution is 2.37.